The van der Waals surface area contributed by atoms with Crippen LogP contribution < -0.4 is 0 Å². The first kappa shape index (κ1) is 30.8. The first-order valence-corrected chi connectivity index (χ1v) is 14.7. The highest BCUT2D eigenvalue weighted by Crippen LogP contribution is 2.37. The van der Waals surface area contributed by atoms with E-state index >= 15 is 0 Å². The van der Waals surface area contributed by atoms with Crippen LogP contribution in [-0.2, 0) is 50.1 Å². The van der Waals surface area contributed by atoms with E-state index in [0.29, 0.717) is 19.8 Å². The standard InChI is InChI=1S/C37H40O6/c1-2-23-37(38)36(42-27-32-21-13-6-14-22-32)35(41-26-31-19-11-5-12-20-31)34(40-25-30-17-9-4-10-18-30)33(43-37)28-39-24-29-15-7-3-8-16-29/h2-22,33-36,38H,1,23-28H2/t33-,34-,35+,36-,37-/m1/s1. The Morgan fingerprint density at radius 2 is 1.02 bits per heavy atom. The van der Waals surface area contributed by atoms with E-state index in [0.717, 1.165) is 22.3 Å². The lowest BCUT2D eigenvalue weighted by Gasteiger charge is -2.50. The van der Waals surface area contributed by atoms with Crippen molar-refractivity contribution in [1.82, 2.24) is 0 Å². The third kappa shape index (κ3) is 8.71. The molecule has 0 radical (unpaired) electrons. The molecule has 5 rings (SSSR count). The van der Waals surface area contributed by atoms with Crippen LogP contribution in [0, 0.1) is 0 Å². The van der Waals surface area contributed by atoms with Crippen molar-refractivity contribution in [3.63, 3.8) is 0 Å². The molecule has 1 N–H and O–H groups in total. The fraction of sp³-hybridized carbons (Fsp3) is 0.297. The molecule has 43 heavy (non-hydrogen) atoms. The fourth-order valence-electron chi connectivity index (χ4n) is 5.31. The lowest BCUT2D eigenvalue weighted by atomic mass is 9.89. The first-order valence-electron chi connectivity index (χ1n) is 14.7. The van der Waals surface area contributed by atoms with E-state index in [-0.39, 0.29) is 19.6 Å². The monoisotopic (exact) mass is 580 g/mol. The zero-order chi connectivity index (χ0) is 29.7. The Morgan fingerprint density at radius 3 is 1.49 bits per heavy atom. The van der Waals surface area contributed by atoms with Crippen molar-refractivity contribution in [3.8, 4) is 0 Å². The van der Waals surface area contributed by atoms with Gasteiger partial charge in [-0.2, -0.15) is 0 Å². The predicted molar refractivity (Wildman–Crippen MR) is 166 cm³/mol. The molecule has 0 aromatic heterocycles. The minimum atomic E-state index is -1.72. The number of hydrogen-bond donors (Lipinski definition) is 1. The second-order valence-corrected chi connectivity index (χ2v) is 10.7. The van der Waals surface area contributed by atoms with Crippen LogP contribution in [-0.4, -0.2) is 41.9 Å². The first-order chi connectivity index (χ1) is 21.1. The normalized spacial score (nSPS) is 23.6. The molecule has 1 aliphatic rings. The van der Waals surface area contributed by atoms with E-state index in [4.69, 9.17) is 23.7 Å². The van der Waals surface area contributed by atoms with Crippen LogP contribution >= 0.6 is 0 Å². The molecule has 1 fully saturated rings. The molecular formula is C37H40O6. The fourth-order valence-corrected chi connectivity index (χ4v) is 5.31. The summed E-state index contributed by atoms with van der Waals surface area (Å²) >= 11 is 0. The van der Waals surface area contributed by atoms with Crippen molar-refractivity contribution in [2.75, 3.05) is 6.61 Å². The van der Waals surface area contributed by atoms with Gasteiger partial charge in [0.15, 0.2) is 5.79 Å². The van der Waals surface area contributed by atoms with Gasteiger partial charge in [-0.05, 0) is 22.3 Å². The quantitative estimate of drug-likeness (QED) is 0.159. The van der Waals surface area contributed by atoms with E-state index in [1.54, 1.807) is 6.08 Å². The van der Waals surface area contributed by atoms with Crippen LogP contribution in [0.3, 0.4) is 0 Å². The number of benzene rings is 4. The SMILES string of the molecule is C=CC[C@@]1(O)O[C@H](COCc2ccccc2)[C@@H](OCc2ccccc2)[C@H](OCc2ccccc2)[C@H]1OCc1ccccc1. The molecule has 0 bridgehead atoms. The molecule has 224 valence electrons. The van der Waals surface area contributed by atoms with Gasteiger partial charge in [-0.15, -0.1) is 6.58 Å². The lowest BCUT2D eigenvalue weighted by molar-refractivity contribution is -0.369. The van der Waals surface area contributed by atoms with Gasteiger partial charge in [0, 0.05) is 6.42 Å². The molecule has 4 aromatic carbocycles. The van der Waals surface area contributed by atoms with Crippen LogP contribution in [0.5, 0.6) is 0 Å². The highest BCUT2D eigenvalue weighted by atomic mass is 16.7. The Labute approximate surface area is 254 Å². The molecule has 0 spiro atoms. The van der Waals surface area contributed by atoms with Crippen molar-refractivity contribution < 1.29 is 28.8 Å². The van der Waals surface area contributed by atoms with E-state index in [9.17, 15) is 5.11 Å². The van der Waals surface area contributed by atoms with E-state index < -0.39 is 30.2 Å². The molecule has 5 atom stereocenters. The Morgan fingerprint density at radius 1 is 0.605 bits per heavy atom. The second kappa shape index (κ2) is 15.7. The molecule has 6 heteroatoms. The summed E-state index contributed by atoms with van der Waals surface area (Å²) in [4.78, 5) is 0. The summed E-state index contributed by atoms with van der Waals surface area (Å²) < 4.78 is 32.3. The summed E-state index contributed by atoms with van der Waals surface area (Å²) in [6.45, 7) is 5.38. The van der Waals surface area contributed by atoms with Gasteiger partial charge >= 0.3 is 0 Å². The summed E-state index contributed by atoms with van der Waals surface area (Å²) in [6.07, 6.45) is -1.03. The Kier molecular flexibility index (Phi) is 11.3. The third-order valence-corrected chi connectivity index (χ3v) is 7.46. The molecule has 0 aliphatic carbocycles. The van der Waals surface area contributed by atoms with Crippen molar-refractivity contribution in [2.45, 2.75) is 63.1 Å². The molecular weight excluding hydrogens is 540 g/mol. The Bertz CT molecular complexity index is 1350. The van der Waals surface area contributed by atoms with Crippen molar-refractivity contribution in [1.29, 1.82) is 0 Å². The van der Waals surface area contributed by atoms with E-state index in [2.05, 4.69) is 6.58 Å². The number of aliphatic hydroxyl groups is 1. The maximum absolute atomic E-state index is 12.1. The van der Waals surface area contributed by atoms with Crippen molar-refractivity contribution in [2.24, 2.45) is 0 Å². The molecule has 6 nitrogen and oxygen atoms in total. The minimum absolute atomic E-state index is 0.137. The highest BCUT2D eigenvalue weighted by molar-refractivity contribution is 5.17. The molecule has 1 saturated heterocycles. The second-order valence-electron chi connectivity index (χ2n) is 10.7. The van der Waals surface area contributed by atoms with Gasteiger partial charge < -0.3 is 28.8 Å². The predicted octanol–water partition coefficient (Wildman–Crippen LogP) is 6.62. The van der Waals surface area contributed by atoms with Gasteiger partial charge in [0.05, 0.1) is 33.0 Å². The van der Waals surface area contributed by atoms with Crippen molar-refractivity contribution >= 4 is 0 Å². The smallest absolute Gasteiger partial charge is 0.198 e. The maximum atomic E-state index is 12.1. The van der Waals surface area contributed by atoms with Gasteiger partial charge in [0.1, 0.15) is 24.4 Å². The van der Waals surface area contributed by atoms with E-state index in [1.165, 1.54) is 0 Å². The van der Waals surface area contributed by atoms with Crippen LogP contribution in [0.25, 0.3) is 0 Å². The van der Waals surface area contributed by atoms with Crippen LogP contribution in [0.15, 0.2) is 134 Å². The number of hydrogen-bond acceptors (Lipinski definition) is 6. The average molecular weight is 581 g/mol. The van der Waals surface area contributed by atoms with Gasteiger partial charge in [-0.1, -0.05) is 127 Å². The molecule has 0 saturated carbocycles. The Balaban J connectivity index is 1.44. The summed E-state index contributed by atoms with van der Waals surface area (Å²) in [6, 6.07) is 39.7. The average Bonchev–Trinajstić information content (AvgIpc) is 3.05. The number of ether oxygens (including phenoxy) is 5. The molecule has 0 unspecified atom stereocenters. The summed E-state index contributed by atoms with van der Waals surface area (Å²) in [5, 5.41) is 12.1. The number of rotatable bonds is 15. The summed E-state index contributed by atoms with van der Waals surface area (Å²) in [5.74, 6) is -1.72. The van der Waals surface area contributed by atoms with Gasteiger partial charge in [-0.3, -0.25) is 0 Å². The highest BCUT2D eigenvalue weighted by Gasteiger charge is 2.55. The lowest BCUT2D eigenvalue weighted by Crippen LogP contribution is -2.67. The molecule has 1 aliphatic heterocycles. The molecule has 4 aromatic rings. The van der Waals surface area contributed by atoms with Gasteiger partial charge in [0.25, 0.3) is 0 Å². The third-order valence-electron chi connectivity index (χ3n) is 7.46. The molecule has 1 heterocycles. The Hall–Kier alpha value is -3.62. The van der Waals surface area contributed by atoms with Crippen LogP contribution in [0.1, 0.15) is 28.7 Å². The molecule has 0 amide bonds. The van der Waals surface area contributed by atoms with Gasteiger partial charge in [0.2, 0.25) is 0 Å². The zero-order valence-corrected chi connectivity index (χ0v) is 24.4. The van der Waals surface area contributed by atoms with E-state index in [1.807, 2.05) is 121 Å². The maximum Gasteiger partial charge on any atom is 0.198 e. The summed E-state index contributed by atoms with van der Waals surface area (Å²) in [5.41, 5.74) is 4.03. The summed E-state index contributed by atoms with van der Waals surface area (Å²) in [7, 11) is 0. The minimum Gasteiger partial charge on any atom is -0.374 e. The van der Waals surface area contributed by atoms with Crippen molar-refractivity contribution in [3.05, 3.63) is 156 Å². The van der Waals surface area contributed by atoms with Gasteiger partial charge in [-0.25, -0.2) is 0 Å². The topological polar surface area (TPSA) is 66.4 Å². The van der Waals surface area contributed by atoms with Crippen LogP contribution in [0.4, 0.5) is 0 Å². The zero-order valence-electron chi connectivity index (χ0n) is 24.4. The largest absolute Gasteiger partial charge is 0.374 e. The van der Waals surface area contributed by atoms with Crippen LogP contribution in [0.2, 0.25) is 0 Å².